The molecule has 0 aliphatic carbocycles. The number of likely N-dealkylation sites (tertiary alicyclic amines) is 1. The van der Waals surface area contributed by atoms with Crippen molar-refractivity contribution in [3.05, 3.63) is 35.0 Å². The second-order valence-corrected chi connectivity index (χ2v) is 7.94. The Hall–Kier alpha value is -2.54. The lowest BCUT2D eigenvalue weighted by Crippen LogP contribution is -2.33. The molecule has 1 aromatic carbocycles. The zero-order valence-electron chi connectivity index (χ0n) is 16.4. The van der Waals surface area contributed by atoms with Crippen LogP contribution in [0.2, 0.25) is 0 Å². The quantitative estimate of drug-likeness (QED) is 0.868. The third-order valence-corrected chi connectivity index (χ3v) is 6.19. The number of rotatable bonds is 4. The molecule has 3 aliphatic rings. The molecule has 1 atom stereocenters. The lowest BCUT2D eigenvalue weighted by molar-refractivity contribution is 0.187. The minimum absolute atomic E-state index is 0.396. The number of benzene rings is 1. The van der Waals surface area contributed by atoms with Gasteiger partial charge in [-0.1, -0.05) is 12.1 Å². The second-order valence-electron chi connectivity index (χ2n) is 7.94. The Morgan fingerprint density at radius 1 is 1.25 bits per heavy atom. The van der Waals surface area contributed by atoms with Crippen LogP contribution in [0.25, 0.3) is 0 Å². The van der Waals surface area contributed by atoms with Gasteiger partial charge in [0.15, 0.2) is 0 Å². The van der Waals surface area contributed by atoms with Gasteiger partial charge in [-0.25, -0.2) is 0 Å². The molecule has 3 aliphatic heterocycles. The molecule has 0 unspecified atom stereocenters. The molecule has 7 heteroatoms. The summed E-state index contributed by atoms with van der Waals surface area (Å²) >= 11 is 0. The molecule has 0 saturated carbocycles. The van der Waals surface area contributed by atoms with E-state index in [0.717, 1.165) is 61.7 Å². The van der Waals surface area contributed by atoms with Gasteiger partial charge in [-0.3, -0.25) is 0 Å². The number of hydrogen-bond acceptors (Lipinski definition) is 7. The minimum Gasteiger partial charge on any atom is -0.491 e. The van der Waals surface area contributed by atoms with Gasteiger partial charge in [0.1, 0.15) is 18.2 Å². The molecule has 0 bridgehead atoms. The van der Waals surface area contributed by atoms with Crippen molar-refractivity contribution in [2.45, 2.75) is 38.3 Å². The van der Waals surface area contributed by atoms with Crippen molar-refractivity contribution in [3.8, 4) is 11.8 Å². The fourth-order valence-corrected chi connectivity index (χ4v) is 4.51. The first-order valence-electron chi connectivity index (χ1n) is 10.2. The highest BCUT2D eigenvalue weighted by Crippen LogP contribution is 2.38. The molecule has 5 rings (SSSR count). The predicted octanol–water partition coefficient (Wildman–Crippen LogP) is 2.03. The maximum Gasteiger partial charge on any atom is 0.318 e. The molecular weight excluding hydrogens is 354 g/mol. The average Bonchev–Trinajstić information content (AvgIpc) is 3.34. The molecule has 0 amide bonds. The Bertz CT molecular complexity index is 887. The number of nitrogens with zero attached hydrogens (tertiary/aromatic N) is 4. The molecule has 4 heterocycles. The summed E-state index contributed by atoms with van der Waals surface area (Å²) in [6.07, 6.45) is 4.19. The summed E-state index contributed by atoms with van der Waals surface area (Å²) < 4.78 is 11.8. The van der Waals surface area contributed by atoms with E-state index in [0.29, 0.717) is 31.0 Å². The molecule has 1 saturated heterocycles. The van der Waals surface area contributed by atoms with E-state index in [1.807, 2.05) is 0 Å². The molecular formula is C21H27N5O2. The molecule has 0 radical (unpaired) electrons. The van der Waals surface area contributed by atoms with Crippen LogP contribution in [0.1, 0.15) is 29.7 Å². The molecule has 0 spiro atoms. The van der Waals surface area contributed by atoms with Crippen LogP contribution in [0.3, 0.4) is 0 Å². The van der Waals surface area contributed by atoms with Crippen molar-refractivity contribution < 1.29 is 9.47 Å². The van der Waals surface area contributed by atoms with E-state index in [4.69, 9.17) is 20.2 Å². The number of ether oxygens (including phenoxy) is 2. The van der Waals surface area contributed by atoms with Crippen molar-refractivity contribution >= 4 is 11.5 Å². The zero-order chi connectivity index (χ0) is 19.1. The molecule has 7 nitrogen and oxygen atoms in total. The predicted molar refractivity (Wildman–Crippen MR) is 108 cm³/mol. The Labute approximate surface area is 165 Å². The monoisotopic (exact) mass is 381 g/mol. The van der Waals surface area contributed by atoms with E-state index in [2.05, 4.69) is 40.0 Å². The number of anilines is 2. The van der Waals surface area contributed by atoms with Crippen molar-refractivity contribution in [1.29, 1.82) is 0 Å². The number of nitrogens with two attached hydrogens (primary N) is 1. The van der Waals surface area contributed by atoms with Crippen molar-refractivity contribution in [3.63, 3.8) is 0 Å². The number of fused-ring (bicyclic) bond motifs is 2. The highest BCUT2D eigenvalue weighted by molar-refractivity contribution is 5.64. The number of para-hydroxylation sites is 1. The highest BCUT2D eigenvalue weighted by atomic mass is 16.5. The number of hydrogen-bond donors (Lipinski definition) is 1. The first-order valence-corrected chi connectivity index (χ1v) is 10.2. The highest BCUT2D eigenvalue weighted by Gasteiger charge is 2.27. The maximum absolute atomic E-state index is 6.24. The van der Waals surface area contributed by atoms with Crippen LogP contribution < -0.4 is 20.1 Å². The van der Waals surface area contributed by atoms with Gasteiger partial charge in [-0.2, -0.15) is 9.97 Å². The maximum atomic E-state index is 6.24. The largest absolute Gasteiger partial charge is 0.491 e. The molecule has 2 aromatic rings. The van der Waals surface area contributed by atoms with Crippen LogP contribution in [0.5, 0.6) is 11.8 Å². The minimum atomic E-state index is 0.396. The standard InChI is InChI=1S/C21H27N5O2/c1-25-9-3-5-15(25)13-28-21-23-17-12-26(10-7-16(17)20(22)24-21)18-6-2-4-14-8-11-27-19(14)18/h2,4,6,15H,3,5,7-13H2,1H3,(H2,22,23,24)/t15-/m0/s1. The van der Waals surface area contributed by atoms with Crippen LogP contribution in [0.4, 0.5) is 11.5 Å². The Balaban J connectivity index is 1.36. The fraction of sp³-hybridized carbons (Fsp3) is 0.524. The first-order chi connectivity index (χ1) is 13.7. The summed E-state index contributed by atoms with van der Waals surface area (Å²) in [5.41, 5.74) is 10.7. The van der Waals surface area contributed by atoms with E-state index in [1.54, 1.807) is 0 Å². The van der Waals surface area contributed by atoms with E-state index in [9.17, 15) is 0 Å². The van der Waals surface area contributed by atoms with Gasteiger partial charge >= 0.3 is 6.01 Å². The van der Waals surface area contributed by atoms with Crippen LogP contribution in [0.15, 0.2) is 18.2 Å². The second kappa shape index (κ2) is 7.13. The number of likely N-dealkylation sites (N-methyl/N-ethyl adjacent to an activating group) is 1. The molecule has 1 aromatic heterocycles. The third kappa shape index (κ3) is 3.13. The van der Waals surface area contributed by atoms with Crippen molar-refractivity contribution in [1.82, 2.24) is 14.9 Å². The van der Waals surface area contributed by atoms with E-state index < -0.39 is 0 Å². The van der Waals surface area contributed by atoms with Crippen molar-refractivity contribution in [2.75, 3.05) is 44.0 Å². The van der Waals surface area contributed by atoms with Gasteiger partial charge in [-0.05, 0) is 44.5 Å². The van der Waals surface area contributed by atoms with E-state index in [1.165, 1.54) is 12.0 Å². The zero-order valence-corrected chi connectivity index (χ0v) is 16.4. The number of aromatic nitrogens is 2. The topological polar surface area (TPSA) is 76.7 Å². The lowest BCUT2D eigenvalue weighted by atomic mass is 10.0. The molecule has 148 valence electrons. The van der Waals surface area contributed by atoms with E-state index in [-0.39, 0.29) is 0 Å². The molecule has 28 heavy (non-hydrogen) atoms. The summed E-state index contributed by atoms with van der Waals surface area (Å²) in [5.74, 6) is 1.57. The lowest BCUT2D eigenvalue weighted by Gasteiger charge is -2.31. The van der Waals surface area contributed by atoms with Gasteiger partial charge in [0.25, 0.3) is 0 Å². The van der Waals surface area contributed by atoms with Crippen LogP contribution in [0, 0.1) is 0 Å². The van der Waals surface area contributed by atoms with Gasteiger partial charge < -0.3 is 25.0 Å². The average molecular weight is 381 g/mol. The van der Waals surface area contributed by atoms with Gasteiger partial charge in [0.2, 0.25) is 0 Å². The summed E-state index contributed by atoms with van der Waals surface area (Å²) in [6, 6.07) is 7.22. The Morgan fingerprint density at radius 3 is 3.04 bits per heavy atom. The molecule has 1 fully saturated rings. The fourth-order valence-electron chi connectivity index (χ4n) is 4.51. The number of nitrogen functional groups attached to an aromatic ring is 1. The SMILES string of the molecule is CN1CCC[C@H]1COc1nc(N)c2c(n1)CN(c1cccc3c1OCC3)CC2. The van der Waals surface area contributed by atoms with Crippen LogP contribution in [-0.2, 0) is 19.4 Å². The Morgan fingerprint density at radius 2 is 2.18 bits per heavy atom. The first kappa shape index (κ1) is 17.6. The van der Waals surface area contributed by atoms with E-state index >= 15 is 0 Å². The smallest absolute Gasteiger partial charge is 0.318 e. The third-order valence-electron chi connectivity index (χ3n) is 6.19. The van der Waals surface area contributed by atoms with Crippen LogP contribution in [-0.4, -0.2) is 54.3 Å². The molecule has 2 N–H and O–H groups in total. The summed E-state index contributed by atoms with van der Waals surface area (Å²) in [5, 5.41) is 0. The summed E-state index contributed by atoms with van der Waals surface area (Å²) in [4.78, 5) is 13.8. The summed E-state index contributed by atoms with van der Waals surface area (Å²) in [7, 11) is 2.14. The van der Waals surface area contributed by atoms with Crippen LogP contribution >= 0.6 is 0 Å². The van der Waals surface area contributed by atoms with Gasteiger partial charge in [0.05, 0.1) is 24.5 Å². The Kier molecular flexibility index (Phi) is 4.47. The van der Waals surface area contributed by atoms with Gasteiger partial charge in [-0.15, -0.1) is 0 Å². The van der Waals surface area contributed by atoms with Crippen molar-refractivity contribution in [2.24, 2.45) is 0 Å². The van der Waals surface area contributed by atoms with Gasteiger partial charge in [0, 0.05) is 24.6 Å². The summed E-state index contributed by atoms with van der Waals surface area (Å²) in [6.45, 7) is 4.08. The normalized spacial score (nSPS) is 21.3.